The Labute approximate surface area is 253 Å². The third-order valence-electron chi connectivity index (χ3n) is 6.95. The Kier molecular flexibility index (Phi) is 9.25. The molecule has 0 radical (unpaired) electrons. The summed E-state index contributed by atoms with van der Waals surface area (Å²) in [6.07, 6.45) is 3.48. The second-order valence-corrected chi connectivity index (χ2v) is 10.8. The molecule has 1 unspecified atom stereocenters. The number of hydrogen-bond acceptors (Lipinski definition) is 11. The van der Waals surface area contributed by atoms with Gasteiger partial charge in [-0.3, -0.25) is 4.99 Å². The first-order valence-electron chi connectivity index (χ1n) is 13.5. The second-order valence-electron chi connectivity index (χ2n) is 9.50. The molecule has 4 heterocycles. The van der Waals surface area contributed by atoms with Gasteiger partial charge in [0.15, 0.2) is 34.0 Å². The van der Waals surface area contributed by atoms with Crippen LogP contribution in [0.1, 0.15) is 53.8 Å². The first kappa shape index (κ1) is 30.4. The van der Waals surface area contributed by atoms with Crippen LogP contribution >= 0.6 is 22.9 Å². The molecule has 1 atom stereocenters. The van der Waals surface area contributed by atoms with E-state index in [0.29, 0.717) is 42.5 Å². The van der Waals surface area contributed by atoms with Crippen molar-refractivity contribution in [2.45, 2.75) is 32.7 Å². The normalized spacial score (nSPS) is 17.4. The van der Waals surface area contributed by atoms with Crippen LogP contribution in [0.25, 0.3) is 0 Å². The number of nitrogens with one attached hydrogen (secondary N) is 1. The van der Waals surface area contributed by atoms with Crippen molar-refractivity contribution >= 4 is 46.7 Å². The SMILES string of the molecule is CCOC(=O)C1=C(C2CCN(c3ncc(F)c(C(=O)OCC)n3)CC2)NC(c2nccs2)=NC1c1ccc(F)c(F)c1Cl. The highest BCUT2D eigenvalue weighted by Gasteiger charge is 2.38. The van der Waals surface area contributed by atoms with Crippen LogP contribution in [0.3, 0.4) is 0 Å². The van der Waals surface area contributed by atoms with Gasteiger partial charge in [-0.05, 0) is 32.8 Å². The zero-order chi connectivity index (χ0) is 30.7. The van der Waals surface area contributed by atoms with E-state index >= 15 is 0 Å². The lowest BCUT2D eigenvalue weighted by Crippen LogP contribution is -2.42. The molecule has 2 aliphatic heterocycles. The van der Waals surface area contributed by atoms with Gasteiger partial charge in [-0.25, -0.2) is 37.7 Å². The summed E-state index contributed by atoms with van der Waals surface area (Å²) in [6, 6.07) is 1.12. The predicted molar refractivity (Wildman–Crippen MR) is 152 cm³/mol. The number of amidine groups is 1. The van der Waals surface area contributed by atoms with Crippen molar-refractivity contribution in [3.63, 3.8) is 0 Å². The molecule has 0 spiro atoms. The lowest BCUT2D eigenvalue weighted by molar-refractivity contribution is -0.139. The molecule has 3 aromatic rings. The van der Waals surface area contributed by atoms with Crippen molar-refractivity contribution in [2.75, 3.05) is 31.2 Å². The van der Waals surface area contributed by atoms with Crippen LogP contribution < -0.4 is 10.2 Å². The molecule has 10 nitrogen and oxygen atoms in total. The topological polar surface area (TPSA) is 119 Å². The Bertz CT molecular complexity index is 1600. The summed E-state index contributed by atoms with van der Waals surface area (Å²) in [7, 11) is 0. The van der Waals surface area contributed by atoms with Crippen molar-refractivity contribution in [1.29, 1.82) is 0 Å². The molecule has 1 N–H and O–H groups in total. The minimum Gasteiger partial charge on any atom is -0.463 e. The molecule has 0 aliphatic carbocycles. The number of piperidine rings is 1. The number of benzene rings is 1. The maximum absolute atomic E-state index is 14.6. The first-order chi connectivity index (χ1) is 20.7. The smallest absolute Gasteiger partial charge is 0.360 e. The summed E-state index contributed by atoms with van der Waals surface area (Å²) in [6.45, 7) is 4.18. The summed E-state index contributed by atoms with van der Waals surface area (Å²) in [5, 5.41) is 5.06. The number of hydrogen-bond donors (Lipinski definition) is 1. The zero-order valence-corrected chi connectivity index (χ0v) is 24.6. The quantitative estimate of drug-likeness (QED) is 0.270. The van der Waals surface area contributed by atoms with Crippen LogP contribution in [0.15, 0.2) is 46.2 Å². The molecule has 0 amide bonds. The standard InChI is InChI=1S/C28H26ClF3N6O4S/c1-3-41-26(39)18-21(14-7-10-38(11-8-14)28-34-13-17(31)23(37-28)27(40)42-4-2)35-24(25-33-9-12-43-25)36-22(18)15-5-6-16(30)20(32)19(15)29/h5-6,9,12-14,22H,3-4,7-8,10-11H2,1-2H3,(H,35,36). The number of ether oxygens (including phenoxy) is 2. The van der Waals surface area contributed by atoms with Crippen LogP contribution in [-0.2, 0) is 14.3 Å². The first-order valence-corrected chi connectivity index (χ1v) is 14.7. The number of halogens is 4. The fraction of sp³-hybridized carbons (Fsp3) is 0.357. The maximum Gasteiger partial charge on any atom is 0.360 e. The summed E-state index contributed by atoms with van der Waals surface area (Å²) >= 11 is 7.57. The van der Waals surface area contributed by atoms with Gasteiger partial charge in [0.25, 0.3) is 0 Å². The van der Waals surface area contributed by atoms with Crippen molar-refractivity contribution in [3.8, 4) is 0 Å². The van der Waals surface area contributed by atoms with Gasteiger partial charge in [0, 0.05) is 41.8 Å². The molecule has 2 aliphatic rings. The zero-order valence-electron chi connectivity index (χ0n) is 23.1. The number of carbonyl (C=O) groups is 2. The Hall–Kier alpha value is -4.04. The van der Waals surface area contributed by atoms with E-state index in [1.807, 2.05) is 0 Å². The highest BCUT2D eigenvalue weighted by Crippen LogP contribution is 2.41. The van der Waals surface area contributed by atoms with E-state index in [0.717, 1.165) is 12.3 Å². The average Bonchev–Trinajstić information content (AvgIpc) is 3.55. The monoisotopic (exact) mass is 634 g/mol. The molecule has 15 heteroatoms. The van der Waals surface area contributed by atoms with Gasteiger partial charge >= 0.3 is 11.9 Å². The molecule has 1 saturated heterocycles. The van der Waals surface area contributed by atoms with Crippen LogP contribution in [0.5, 0.6) is 0 Å². The Morgan fingerprint density at radius 2 is 1.79 bits per heavy atom. The Morgan fingerprint density at radius 1 is 1.07 bits per heavy atom. The van der Waals surface area contributed by atoms with E-state index in [-0.39, 0.29) is 36.2 Å². The summed E-state index contributed by atoms with van der Waals surface area (Å²) in [4.78, 5) is 44.6. The van der Waals surface area contributed by atoms with Crippen LogP contribution in [0.2, 0.25) is 5.02 Å². The molecule has 226 valence electrons. The number of esters is 2. The van der Waals surface area contributed by atoms with Gasteiger partial charge in [-0.1, -0.05) is 17.7 Å². The maximum atomic E-state index is 14.6. The van der Waals surface area contributed by atoms with E-state index in [2.05, 4.69) is 25.3 Å². The number of allylic oxidation sites excluding steroid dienone is 1. The minimum absolute atomic E-state index is 0.0664. The van der Waals surface area contributed by atoms with Crippen molar-refractivity contribution in [3.05, 3.63) is 79.9 Å². The van der Waals surface area contributed by atoms with Crippen LogP contribution in [-0.4, -0.2) is 59.0 Å². The van der Waals surface area contributed by atoms with Crippen LogP contribution in [0.4, 0.5) is 19.1 Å². The fourth-order valence-electron chi connectivity index (χ4n) is 4.97. The Morgan fingerprint density at radius 3 is 2.47 bits per heavy atom. The largest absolute Gasteiger partial charge is 0.463 e. The fourth-order valence-corrected chi connectivity index (χ4v) is 5.81. The predicted octanol–water partition coefficient (Wildman–Crippen LogP) is 5.01. The third kappa shape index (κ3) is 6.20. The van der Waals surface area contributed by atoms with E-state index < -0.39 is 46.1 Å². The highest BCUT2D eigenvalue weighted by molar-refractivity contribution is 7.11. The number of thiazole rings is 1. The number of anilines is 1. The lowest BCUT2D eigenvalue weighted by Gasteiger charge is -2.36. The molecular formula is C28H26ClF3N6O4S. The van der Waals surface area contributed by atoms with Gasteiger partial charge in [-0.15, -0.1) is 11.3 Å². The van der Waals surface area contributed by atoms with Crippen molar-refractivity contribution in [2.24, 2.45) is 10.9 Å². The van der Waals surface area contributed by atoms with Gasteiger partial charge in [0.2, 0.25) is 5.95 Å². The number of nitrogens with zero attached hydrogens (tertiary/aromatic N) is 5. The summed E-state index contributed by atoms with van der Waals surface area (Å²) in [5.41, 5.74) is 0.263. The molecule has 0 bridgehead atoms. The third-order valence-corrected chi connectivity index (χ3v) is 8.11. The molecule has 0 saturated carbocycles. The average molecular weight is 635 g/mol. The van der Waals surface area contributed by atoms with Crippen LogP contribution in [0, 0.1) is 23.4 Å². The molecule has 43 heavy (non-hydrogen) atoms. The number of aromatic nitrogens is 3. The lowest BCUT2D eigenvalue weighted by atomic mass is 9.85. The summed E-state index contributed by atoms with van der Waals surface area (Å²) in [5.74, 6) is -4.58. The molecule has 2 aromatic heterocycles. The van der Waals surface area contributed by atoms with E-state index in [1.54, 1.807) is 30.3 Å². The number of carbonyl (C=O) groups excluding carboxylic acids is 2. The minimum atomic E-state index is -1.25. The summed E-state index contributed by atoms with van der Waals surface area (Å²) < 4.78 is 53.1. The molecule has 1 aromatic carbocycles. The molecule has 1 fully saturated rings. The molecule has 5 rings (SSSR count). The number of aliphatic imine (C=N–C) groups is 1. The van der Waals surface area contributed by atoms with Crippen molar-refractivity contribution in [1.82, 2.24) is 20.3 Å². The van der Waals surface area contributed by atoms with Gasteiger partial charge in [-0.2, -0.15) is 0 Å². The number of rotatable bonds is 8. The van der Waals surface area contributed by atoms with Crippen molar-refractivity contribution < 1.29 is 32.2 Å². The van der Waals surface area contributed by atoms with E-state index in [1.165, 1.54) is 17.4 Å². The Balaban J connectivity index is 1.51. The van der Waals surface area contributed by atoms with Gasteiger partial charge < -0.3 is 19.7 Å². The van der Waals surface area contributed by atoms with Gasteiger partial charge in [0.05, 0.1) is 30.0 Å². The molecular weight excluding hydrogens is 609 g/mol. The highest BCUT2D eigenvalue weighted by atomic mass is 35.5. The second kappa shape index (κ2) is 13.1. The van der Waals surface area contributed by atoms with Gasteiger partial charge in [0.1, 0.15) is 6.04 Å². The van der Waals surface area contributed by atoms with E-state index in [4.69, 9.17) is 21.1 Å². The van der Waals surface area contributed by atoms with E-state index in [9.17, 15) is 22.8 Å².